The van der Waals surface area contributed by atoms with E-state index in [0.29, 0.717) is 5.92 Å². The van der Waals surface area contributed by atoms with Crippen LogP contribution in [-0.4, -0.2) is 13.6 Å². The van der Waals surface area contributed by atoms with Gasteiger partial charge in [-0.2, -0.15) is 19.5 Å². The number of rotatable bonds is 3. The molecule has 1 unspecified atom stereocenters. The first-order valence-electron chi connectivity index (χ1n) is 3.66. The fraction of sp³-hybridized carbons (Fsp3) is 0.875. The number of hydrogen-bond acceptors (Lipinski definition) is 0. The van der Waals surface area contributed by atoms with E-state index >= 15 is 0 Å². The van der Waals surface area contributed by atoms with Crippen LogP contribution < -0.4 is 0 Å². The van der Waals surface area contributed by atoms with Gasteiger partial charge in [0.15, 0.2) is 0 Å². The molecule has 0 aromatic carbocycles. The second-order valence-electron chi connectivity index (χ2n) is 1.93. The first-order valence-corrected chi connectivity index (χ1v) is 3.66. The summed E-state index contributed by atoms with van der Waals surface area (Å²) in [6, 6.07) is 0. The van der Waals surface area contributed by atoms with Crippen LogP contribution in [0.2, 0.25) is 0 Å². The molecule has 0 aliphatic carbocycles. The van der Waals surface area contributed by atoms with Crippen LogP contribution in [0.5, 0.6) is 0 Å². The molecule has 0 amide bonds. The molecule has 1 radical (unpaired) electrons. The summed E-state index contributed by atoms with van der Waals surface area (Å²) >= 11 is 0. The molecule has 0 saturated heterocycles. The minimum absolute atomic E-state index is 0. The molecule has 0 N–H and O–H groups in total. The quantitative estimate of drug-likeness (QED) is 0.646. The molecule has 0 bridgehead atoms. The Kier molecular flexibility index (Phi) is 28.6. The average molecular weight is 218 g/mol. The average Bonchev–Trinajstić information content (AvgIpc) is 1.88. The Balaban J connectivity index is -0.000000149. The van der Waals surface area contributed by atoms with E-state index in [4.69, 9.17) is 0 Å². The third-order valence-corrected chi connectivity index (χ3v) is 0.846. The van der Waals surface area contributed by atoms with E-state index in [9.17, 15) is 0 Å². The normalized spacial score (nSPS) is 10.5. The van der Waals surface area contributed by atoms with E-state index in [2.05, 4.69) is 19.2 Å². The molecule has 2 heteroatoms. The smallest absolute Gasteiger partial charge is 0 e. The second kappa shape index (κ2) is 16.6. The van der Waals surface area contributed by atoms with Gasteiger partial charge in [-0.3, -0.25) is 0 Å². The third-order valence-electron chi connectivity index (χ3n) is 0.846. The molecule has 0 saturated carbocycles. The van der Waals surface area contributed by atoms with Crippen molar-refractivity contribution in [1.29, 1.82) is 0 Å². The van der Waals surface area contributed by atoms with Gasteiger partial charge in [-0.1, -0.05) is 27.2 Å². The van der Waals surface area contributed by atoms with Crippen molar-refractivity contribution >= 4 is 0 Å². The van der Waals surface area contributed by atoms with Crippen LogP contribution >= 0.6 is 0 Å². The predicted octanol–water partition coefficient (Wildman–Crippen LogP) is 2.87. The Labute approximate surface area is 91.2 Å². The minimum Gasteiger partial charge on any atom is -0.665 e. The zero-order chi connectivity index (χ0) is 7.70. The van der Waals surface area contributed by atoms with Gasteiger partial charge in [0.05, 0.1) is 0 Å². The summed E-state index contributed by atoms with van der Waals surface area (Å²) < 4.78 is 0. The monoisotopic (exact) mass is 218 g/mol. The van der Waals surface area contributed by atoms with Gasteiger partial charge in [0.1, 0.15) is 0 Å². The Morgan fingerprint density at radius 3 is 1.90 bits per heavy atom. The van der Waals surface area contributed by atoms with E-state index in [-0.39, 0.29) is 32.7 Å². The van der Waals surface area contributed by atoms with Crippen LogP contribution in [0.25, 0.3) is 5.32 Å². The van der Waals surface area contributed by atoms with Gasteiger partial charge in [-0.15, -0.1) is 0 Å². The Bertz CT molecular complexity index is 38.2. The first-order chi connectivity index (χ1) is 4.27. The molecule has 0 aromatic rings. The van der Waals surface area contributed by atoms with Gasteiger partial charge >= 0.3 is 0 Å². The molecular weight excluding hydrogens is 199 g/mol. The Hall–Kier alpha value is 1.06. The standard InChI is InChI=1S/C6H13N.C2H6.Y/c1-6(2)4-5-7-3;1-2;/h6H,1,4-5H2,2-3H3;1-2H3;/q-2;;. The summed E-state index contributed by atoms with van der Waals surface area (Å²) in [5.41, 5.74) is 0. The van der Waals surface area contributed by atoms with Crippen LogP contribution in [0.4, 0.5) is 0 Å². The summed E-state index contributed by atoms with van der Waals surface area (Å²) in [6.45, 7) is 10.9. The Morgan fingerprint density at radius 1 is 1.40 bits per heavy atom. The van der Waals surface area contributed by atoms with Gasteiger partial charge in [0.2, 0.25) is 0 Å². The maximum Gasteiger partial charge on any atom is 0 e. The van der Waals surface area contributed by atoms with Gasteiger partial charge in [-0.05, 0) is 0 Å². The van der Waals surface area contributed by atoms with Crippen LogP contribution in [0.1, 0.15) is 27.2 Å². The van der Waals surface area contributed by atoms with E-state index in [0.717, 1.165) is 13.0 Å². The second-order valence-corrected chi connectivity index (χ2v) is 1.93. The summed E-state index contributed by atoms with van der Waals surface area (Å²) in [5.74, 6) is 0.559. The molecule has 0 aromatic heterocycles. The van der Waals surface area contributed by atoms with Gasteiger partial charge < -0.3 is 12.2 Å². The van der Waals surface area contributed by atoms with Gasteiger partial charge in [0.25, 0.3) is 0 Å². The van der Waals surface area contributed by atoms with Gasteiger partial charge in [0, 0.05) is 32.7 Å². The molecule has 1 atom stereocenters. The fourth-order valence-corrected chi connectivity index (χ4v) is 0.349. The van der Waals surface area contributed by atoms with Crippen molar-refractivity contribution < 1.29 is 32.7 Å². The van der Waals surface area contributed by atoms with Crippen molar-refractivity contribution in [3.05, 3.63) is 12.2 Å². The van der Waals surface area contributed by atoms with E-state index in [1.807, 2.05) is 20.9 Å². The van der Waals surface area contributed by atoms with Gasteiger partial charge in [-0.25, -0.2) is 0 Å². The summed E-state index contributed by atoms with van der Waals surface area (Å²) in [5, 5.41) is 3.94. The van der Waals surface area contributed by atoms with E-state index in [1.54, 1.807) is 0 Å². The van der Waals surface area contributed by atoms with E-state index in [1.165, 1.54) is 0 Å². The topological polar surface area (TPSA) is 14.1 Å². The van der Waals surface area contributed by atoms with E-state index < -0.39 is 0 Å². The van der Waals surface area contributed by atoms with Crippen molar-refractivity contribution in [2.75, 3.05) is 13.6 Å². The van der Waals surface area contributed by atoms with Crippen molar-refractivity contribution in [2.24, 2.45) is 5.92 Å². The molecule has 0 heterocycles. The largest absolute Gasteiger partial charge is 0.665 e. The first kappa shape index (κ1) is 17.2. The van der Waals surface area contributed by atoms with Crippen LogP contribution in [0.15, 0.2) is 0 Å². The maximum absolute atomic E-state index is 3.94. The molecule has 61 valence electrons. The number of nitrogens with zero attached hydrogens (tertiary/aromatic N) is 1. The summed E-state index contributed by atoms with van der Waals surface area (Å²) in [4.78, 5) is 0. The zero-order valence-electron chi connectivity index (χ0n) is 7.72. The molecule has 10 heavy (non-hydrogen) atoms. The van der Waals surface area contributed by atoms with Crippen LogP contribution in [0.3, 0.4) is 0 Å². The Morgan fingerprint density at radius 2 is 1.80 bits per heavy atom. The van der Waals surface area contributed by atoms with Crippen molar-refractivity contribution in [3.8, 4) is 0 Å². The summed E-state index contributed by atoms with van der Waals surface area (Å²) in [7, 11) is 1.84. The SMILES string of the molecule is CC.[CH2-]C(C)CC[N-]C.[Y]. The molecule has 0 aliphatic rings. The molecule has 1 nitrogen and oxygen atoms in total. The maximum atomic E-state index is 3.94. The van der Waals surface area contributed by atoms with Crippen LogP contribution in [0, 0.1) is 12.8 Å². The van der Waals surface area contributed by atoms with Crippen molar-refractivity contribution in [1.82, 2.24) is 0 Å². The van der Waals surface area contributed by atoms with Crippen molar-refractivity contribution in [3.63, 3.8) is 0 Å². The number of hydrogen-bond donors (Lipinski definition) is 0. The minimum atomic E-state index is 0. The van der Waals surface area contributed by atoms with Crippen LogP contribution in [-0.2, 0) is 32.7 Å². The predicted molar refractivity (Wildman–Crippen MR) is 44.6 cm³/mol. The molecule has 0 fully saturated rings. The molecule has 0 rings (SSSR count). The third kappa shape index (κ3) is 23.0. The van der Waals surface area contributed by atoms with Crippen molar-refractivity contribution in [2.45, 2.75) is 27.2 Å². The summed E-state index contributed by atoms with van der Waals surface area (Å²) in [6.07, 6.45) is 1.12. The molecule has 0 spiro atoms. The molecule has 0 aliphatic heterocycles. The fourth-order valence-electron chi connectivity index (χ4n) is 0.349. The molecular formula is C8H19NY-2. The zero-order valence-corrected chi connectivity index (χ0v) is 10.6.